The van der Waals surface area contributed by atoms with Gasteiger partial charge in [0.25, 0.3) is 0 Å². The summed E-state index contributed by atoms with van der Waals surface area (Å²) in [6, 6.07) is 5.44. The lowest BCUT2D eigenvalue weighted by molar-refractivity contribution is -0.148. The van der Waals surface area contributed by atoms with Gasteiger partial charge in [-0.3, -0.25) is 14.5 Å². The first-order valence-corrected chi connectivity index (χ1v) is 6.84. The van der Waals surface area contributed by atoms with E-state index in [0.29, 0.717) is 25.0 Å². The molecule has 1 saturated heterocycles. The van der Waals surface area contributed by atoms with Gasteiger partial charge in [-0.2, -0.15) is 0 Å². The van der Waals surface area contributed by atoms with Gasteiger partial charge in [0.2, 0.25) is 11.8 Å². The molecule has 0 saturated carbocycles. The molecule has 1 aromatic rings. The first-order valence-electron chi connectivity index (χ1n) is 6.84. The van der Waals surface area contributed by atoms with E-state index in [2.05, 4.69) is 11.8 Å². The molecular weight excluding hydrogens is 268 g/mol. The smallest absolute Gasteiger partial charge is 0.229 e. The van der Waals surface area contributed by atoms with E-state index in [9.17, 15) is 9.59 Å². The van der Waals surface area contributed by atoms with Crippen molar-refractivity contribution in [3.63, 3.8) is 0 Å². The normalized spacial score (nSPS) is 14.7. The van der Waals surface area contributed by atoms with Crippen LogP contribution in [0.5, 0.6) is 5.75 Å². The monoisotopic (exact) mass is 286 g/mol. The van der Waals surface area contributed by atoms with Gasteiger partial charge < -0.3 is 10.5 Å². The van der Waals surface area contributed by atoms with E-state index >= 15 is 0 Å². The van der Waals surface area contributed by atoms with Gasteiger partial charge >= 0.3 is 0 Å². The number of hydrogen-bond acceptors (Lipinski definition) is 4. The summed E-state index contributed by atoms with van der Waals surface area (Å²) in [4.78, 5) is 25.1. The van der Waals surface area contributed by atoms with Crippen molar-refractivity contribution in [3.05, 3.63) is 29.3 Å². The van der Waals surface area contributed by atoms with Crippen LogP contribution in [0.25, 0.3) is 0 Å². The van der Waals surface area contributed by atoms with E-state index in [1.54, 1.807) is 13.2 Å². The fourth-order valence-corrected chi connectivity index (χ4v) is 2.28. The molecular formula is C16H18N2O3. The van der Waals surface area contributed by atoms with Gasteiger partial charge in [0, 0.05) is 24.0 Å². The van der Waals surface area contributed by atoms with Crippen molar-refractivity contribution < 1.29 is 14.3 Å². The minimum Gasteiger partial charge on any atom is -0.496 e. The summed E-state index contributed by atoms with van der Waals surface area (Å²) in [6.45, 7) is 0.503. The van der Waals surface area contributed by atoms with Crippen LogP contribution in [0.3, 0.4) is 0 Å². The number of nitrogens with zero attached hydrogens (tertiary/aromatic N) is 1. The molecule has 1 fully saturated rings. The highest BCUT2D eigenvalue weighted by atomic mass is 16.5. The Morgan fingerprint density at radius 3 is 2.62 bits per heavy atom. The van der Waals surface area contributed by atoms with Crippen molar-refractivity contribution in [3.8, 4) is 17.6 Å². The Kier molecular flexibility index (Phi) is 4.96. The third-order valence-corrected chi connectivity index (χ3v) is 3.33. The molecule has 0 bridgehead atoms. The summed E-state index contributed by atoms with van der Waals surface area (Å²) < 4.78 is 5.29. The molecule has 110 valence electrons. The summed E-state index contributed by atoms with van der Waals surface area (Å²) >= 11 is 0. The Labute approximate surface area is 124 Å². The van der Waals surface area contributed by atoms with Gasteiger partial charge in [-0.05, 0) is 24.6 Å². The highest BCUT2D eigenvalue weighted by Gasteiger charge is 2.26. The van der Waals surface area contributed by atoms with Crippen LogP contribution in [-0.2, 0) is 16.1 Å². The molecule has 1 aromatic carbocycles. The Morgan fingerprint density at radius 2 is 2.00 bits per heavy atom. The van der Waals surface area contributed by atoms with Crippen molar-refractivity contribution in [1.29, 1.82) is 0 Å². The van der Waals surface area contributed by atoms with Gasteiger partial charge in [-0.1, -0.05) is 11.8 Å². The Morgan fingerprint density at radius 1 is 1.29 bits per heavy atom. The van der Waals surface area contributed by atoms with E-state index in [0.717, 1.165) is 11.1 Å². The molecule has 1 aliphatic heterocycles. The maximum atomic E-state index is 11.9. The molecule has 0 aliphatic carbocycles. The van der Waals surface area contributed by atoms with Gasteiger partial charge in [-0.25, -0.2) is 0 Å². The molecule has 1 heterocycles. The van der Waals surface area contributed by atoms with Crippen LogP contribution < -0.4 is 10.5 Å². The van der Waals surface area contributed by atoms with Gasteiger partial charge in [0.1, 0.15) is 5.75 Å². The van der Waals surface area contributed by atoms with Crippen molar-refractivity contribution in [1.82, 2.24) is 4.90 Å². The molecule has 5 heteroatoms. The summed E-state index contributed by atoms with van der Waals surface area (Å²) in [5.74, 6) is 6.09. The van der Waals surface area contributed by atoms with Crippen molar-refractivity contribution in [2.24, 2.45) is 5.73 Å². The van der Waals surface area contributed by atoms with Crippen molar-refractivity contribution in [2.45, 2.75) is 25.8 Å². The number of carbonyl (C=O) groups excluding carboxylic acids is 2. The lowest BCUT2D eigenvalue weighted by Gasteiger charge is -2.25. The van der Waals surface area contributed by atoms with Crippen LogP contribution in [0.4, 0.5) is 0 Å². The predicted molar refractivity (Wildman–Crippen MR) is 78.3 cm³/mol. The number of ether oxygens (including phenoxy) is 1. The predicted octanol–water partition coefficient (Wildman–Crippen LogP) is 1.04. The maximum Gasteiger partial charge on any atom is 0.229 e. The number of rotatable bonds is 3. The first-order chi connectivity index (χ1) is 10.2. The summed E-state index contributed by atoms with van der Waals surface area (Å²) in [6.07, 6.45) is 1.47. The Bertz CT molecular complexity index is 598. The second kappa shape index (κ2) is 6.91. The molecule has 0 spiro atoms. The zero-order valence-electron chi connectivity index (χ0n) is 12.0. The number of methoxy groups -OCH3 is 1. The average molecular weight is 286 g/mol. The zero-order chi connectivity index (χ0) is 15.2. The first kappa shape index (κ1) is 15.1. The van der Waals surface area contributed by atoms with Crippen LogP contribution in [0, 0.1) is 11.8 Å². The van der Waals surface area contributed by atoms with Crippen LogP contribution >= 0.6 is 0 Å². The Balaban J connectivity index is 2.28. The van der Waals surface area contributed by atoms with E-state index < -0.39 is 0 Å². The third-order valence-electron chi connectivity index (χ3n) is 3.33. The van der Waals surface area contributed by atoms with Crippen LogP contribution in [-0.4, -0.2) is 30.4 Å². The number of benzene rings is 1. The number of nitrogens with two attached hydrogens (primary N) is 1. The second-order valence-corrected chi connectivity index (χ2v) is 4.76. The number of imide groups is 1. The average Bonchev–Trinajstić information content (AvgIpc) is 2.49. The highest BCUT2D eigenvalue weighted by molar-refractivity contribution is 5.97. The molecule has 2 rings (SSSR count). The van der Waals surface area contributed by atoms with Crippen LogP contribution in [0.15, 0.2) is 18.2 Å². The minimum absolute atomic E-state index is 0.133. The lowest BCUT2D eigenvalue weighted by Crippen LogP contribution is -2.39. The van der Waals surface area contributed by atoms with Gasteiger partial charge in [0.15, 0.2) is 0 Å². The number of amides is 2. The van der Waals surface area contributed by atoms with Gasteiger partial charge in [0.05, 0.1) is 20.2 Å². The van der Waals surface area contributed by atoms with Crippen LogP contribution in [0.1, 0.15) is 30.4 Å². The molecule has 0 atom stereocenters. The van der Waals surface area contributed by atoms with E-state index in [4.69, 9.17) is 10.5 Å². The summed E-state index contributed by atoms with van der Waals surface area (Å²) in [5, 5.41) is 0. The molecule has 2 amide bonds. The maximum absolute atomic E-state index is 11.9. The zero-order valence-corrected chi connectivity index (χ0v) is 12.0. The standard InChI is InChI=1S/C16H18N2O3/c1-21-14-8-7-12(4-3-9-17)10-13(14)11-18-15(19)5-2-6-16(18)20/h7-8,10H,2,5-6,9,11,17H2,1H3. The second-order valence-electron chi connectivity index (χ2n) is 4.76. The number of carbonyl (C=O) groups is 2. The van der Waals surface area contributed by atoms with Gasteiger partial charge in [-0.15, -0.1) is 0 Å². The Hall–Kier alpha value is -2.32. The molecule has 0 aromatic heterocycles. The largest absolute Gasteiger partial charge is 0.496 e. The SMILES string of the molecule is COc1ccc(C#CCN)cc1CN1C(=O)CCCC1=O. The molecule has 2 N–H and O–H groups in total. The molecule has 1 aliphatic rings. The summed E-state index contributed by atoms with van der Waals surface area (Å²) in [5.41, 5.74) is 6.91. The molecule has 0 radical (unpaired) electrons. The minimum atomic E-state index is -0.133. The number of piperidine rings is 1. The quantitative estimate of drug-likeness (QED) is 0.666. The molecule has 0 unspecified atom stereocenters. The van der Waals surface area contributed by atoms with E-state index in [1.807, 2.05) is 12.1 Å². The third kappa shape index (κ3) is 3.61. The van der Waals surface area contributed by atoms with Crippen LogP contribution in [0.2, 0.25) is 0 Å². The number of likely N-dealkylation sites (tertiary alicyclic amines) is 1. The molecule has 21 heavy (non-hydrogen) atoms. The van der Waals surface area contributed by atoms with Crippen molar-refractivity contribution in [2.75, 3.05) is 13.7 Å². The van der Waals surface area contributed by atoms with E-state index in [1.165, 1.54) is 4.90 Å². The van der Waals surface area contributed by atoms with Crippen molar-refractivity contribution >= 4 is 11.8 Å². The van der Waals surface area contributed by atoms with E-state index in [-0.39, 0.29) is 24.9 Å². The number of hydrogen-bond donors (Lipinski definition) is 1. The fourth-order valence-electron chi connectivity index (χ4n) is 2.28. The highest BCUT2D eigenvalue weighted by Crippen LogP contribution is 2.24. The summed E-state index contributed by atoms with van der Waals surface area (Å²) in [7, 11) is 1.56. The molecule has 5 nitrogen and oxygen atoms in total. The topological polar surface area (TPSA) is 72.6 Å². The fraction of sp³-hybridized carbons (Fsp3) is 0.375. The lowest BCUT2D eigenvalue weighted by atomic mass is 10.1.